The lowest BCUT2D eigenvalue weighted by atomic mass is 9.95. The highest BCUT2D eigenvalue weighted by Crippen LogP contribution is 2.34. The van der Waals surface area contributed by atoms with Crippen LogP contribution in [0.15, 0.2) is 78.1 Å². The number of pyridine rings is 1. The number of nitrogens with one attached hydrogen (secondary N) is 1. The SMILES string of the molecule is C[C@@H]1CCC[C@H](n2cnc(-c3cc(Cl)ccc3-n3cc(C#N)nn3)cc2=O)c2cc(ccn2)-c2cc(F)ccc2NC1=O. The third-order valence-corrected chi connectivity index (χ3v) is 7.73. The smallest absolute Gasteiger partial charge is 0.254 e. The Morgan fingerprint density at radius 1 is 1.05 bits per heavy atom. The Bertz CT molecular complexity index is 1960. The second kappa shape index (κ2) is 11.6. The summed E-state index contributed by atoms with van der Waals surface area (Å²) in [5.41, 5.74) is 3.53. The maximum Gasteiger partial charge on any atom is 0.254 e. The summed E-state index contributed by atoms with van der Waals surface area (Å²) < 4.78 is 17.3. The number of rotatable bonds is 3. The van der Waals surface area contributed by atoms with Gasteiger partial charge in [-0.3, -0.25) is 19.1 Å². The number of anilines is 1. The molecule has 1 aliphatic rings. The number of benzene rings is 2. The van der Waals surface area contributed by atoms with Crippen LogP contribution in [0.1, 0.15) is 43.6 Å². The molecule has 0 saturated heterocycles. The van der Waals surface area contributed by atoms with Crippen molar-refractivity contribution in [1.29, 1.82) is 5.26 Å². The molecule has 2 atom stereocenters. The van der Waals surface area contributed by atoms with Gasteiger partial charge in [-0.2, -0.15) is 5.26 Å². The van der Waals surface area contributed by atoms with Crippen molar-refractivity contribution in [2.24, 2.45) is 5.92 Å². The summed E-state index contributed by atoms with van der Waals surface area (Å²) in [5, 5.41) is 20.4. The maximum absolute atomic E-state index is 14.3. The molecule has 214 valence electrons. The molecule has 0 spiro atoms. The summed E-state index contributed by atoms with van der Waals surface area (Å²) in [6.07, 6.45) is 6.29. The van der Waals surface area contributed by atoms with Crippen LogP contribution in [0.4, 0.5) is 10.1 Å². The Hall–Kier alpha value is -5.21. The monoisotopic (exact) mass is 594 g/mol. The van der Waals surface area contributed by atoms with Crippen molar-refractivity contribution < 1.29 is 9.18 Å². The van der Waals surface area contributed by atoms with Crippen LogP contribution in [0, 0.1) is 23.1 Å². The van der Waals surface area contributed by atoms with Gasteiger partial charge in [0.25, 0.3) is 5.56 Å². The number of carbonyl (C=O) groups is 1. The molecule has 2 bridgehead atoms. The molecule has 0 aliphatic carbocycles. The van der Waals surface area contributed by atoms with Gasteiger partial charge in [-0.15, -0.1) is 5.10 Å². The zero-order valence-electron chi connectivity index (χ0n) is 22.9. The van der Waals surface area contributed by atoms with Gasteiger partial charge in [0.2, 0.25) is 5.91 Å². The molecule has 4 heterocycles. The summed E-state index contributed by atoms with van der Waals surface area (Å²) in [6.45, 7) is 1.84. The molecule has 1 N–H and O–H groups in total. The van der Waals surface area contributed by atoms with Gasteiger partial charge in [-0.25, -0.2) is 14.1 Å². The normalized spacial score (nSPS) is 16.7. The van der Waals surface area contributed by atoms with E-state index >= 15 is 0 Å². The average Bonchev–Trinajstić information content (AvgIpc) is 3.49. The molecule has 2 aromatic carbocycles. The van der Waals surface area contributed by atoms with E-state index in [1.54, 1.807) is 36.5 Å². The van der Waals surface area contributed by atoms with Gasteiger partial charge in [-0.05, 0) is 66.9 Å². The number of nitrogens with zero attached hydrogens (tertiary/aromatic N) is 7. The van der Waals surface area contributed by atoms with Gasteiger partial charge in [-0.1, -0.05) is 30.2 Å². The van der Waals surface area contributed by atoms with E-state index in [0.29, 0.717) is 63.7 Å². The van der Waals surface area contributed by atoms with Crippen LogP contribution in [0.25, 0.3) is 28.1 Å². The molecule has 0 fully saturated rings. The van der Waals surface area contributed by atoms with E-state index in [-0.39, 0.29) is 23.1 Å². The highest BCUT2D eigenvalue weighted by molar-refractivity contribution is 6.31. The number of nitriles is 1. The fraction of sp³-hybridized carbons (Fsp3) is 0.194. The lowest BCUT2D eigenvalue weighted by molar-refractivity contribution is -0.119. The first-order valence-corrected chi connectivity index (χ1v) is 14.0. The van der Waals surface area contributed by atoms with E-state index in [2.05, 4.69) is 25.6 Å². The van der Waals surface area contributed by atoms with Gasteiger partial charge in [0.1, 0.15) is 11.9 Å². The zero-order chi connectivity index (χ0) is 30.1. The first-order valence-electron chi connectivity index (χ1n) is 13.6. The predicted molar refractivity (Wildman–Crippen MR) is 158 cm³/mol. The van der Waals surface area contributed by atoms with Crippen LogP contribution < -0.4 is 10.9 Å². The summed E-state index contributed by atoms with van der Waals surface area (Å²) >= 11 is 6.30. The number of carbonyl (C=O) groups excluding carboxylic acids is 1. The Kier molecular flexibility index (Phi) is 7.52. The quantitative estimate of drug-likeness (QED) is 0.289. The molecule has 43 heavy (non-hydrogen) atoms. The third kappa shape index (κ3) is 5.65. The molecular formula is C31H24ClFN8O2. The average molecular weight is 595 g/mol. The fourth-order valence-corrected chi connectivity index (χ4v) is 5.41. The number of hydrogen-bond donors (Lipinski definition) is 1. The number of amides is 1. The molecule has 10 nitrogen and oxygen atoms in total. The van der Waals surface area contributed by atoms with Crippen LogP contribution in [0.2, 0.25) is 5.02 Å². The van der Waals surface area contributed by atoms with Crippen LogP contribution in [0.5, 0.6) is 0 Å². The zero-order valence-corrected chi connectivity index (χ0v) is 23.7. The van der Waals surface area contributed by atoms with Crippen molar-refractivity contribution in [2.75, 3.05) is 5.32 Å². The molecule has 0 saturated carbocycles. The highest BCUT2D eigenvalue weighted by atomic mass is 35.5. The lowest BCUT2D eigenvalue weighted by Crippen LogP contribution is -2.27. The van der Waals surface area contributed by atoms with Crippen molar-refractivity contribution >= 4 is 23.2 Å². The Morgan fingerprint density at radius 3 is 2.70 bits per heavy atom. The number of hydrogen-bond acceptors (Lipinski definition) is 7. The van der Waals surface area contributed by atoms with Crippen molar-refractivity contribution in [3.63, 3.8) is 0 Å². The van der Waals surface area contributed by atoms with Crippen molar-refractivity contribution in [2.45, 2.75) is 32.2 Å². The van der Waals surface area contributed by atoms with E-state index < -0.39 is 11.9 Å². The van der Waals surface area contributed by atoms with Gasteiger partial charge in [0.15, 0.2) is 5.69 Å². The van der Waals surface area contributed by atoms with Crippen LogP contribution in [0.3, 0.4) is 0 Å². The maximum atomic E-state index is 14.3. The van der Waals surface area contributed by atoms with E-state index in [1.807, 2.05) is 19.1 Å². The van der Waals surface area contributed by atoms with Crippen LogP contribution in [-0.4, -0.2) is 35.4 Å². The molecule has 1 aliphatic heterocycles. The van der Waals surface area contributed by atoms with Crippen molar-refractivity contribution in [3.05, 3.63) is 106 Å². The number of fused-ring (bicyclic) bond motifs is 4. The molecule has 12 heteroatoms. The van der Waals surface area contributed by atoms with Crippen LogP contribution >= 0.6 is 11.6 Å². The molecule has 0 radical (unpaired) electrons. The lowest BCUT2D eigenvalue weighted by Gasteiger charge is -2.23. The summed E-state index contributed by atoms with van der Waals surface area (Å²) in [4.78, 5) is 35.8. The number of halogens is 2. The van der Waals surface area contributed by atoms with Gasteiger partial charge < -0.3 is 5.32 Å². The van der Waals surface area contributed by atoms with Gasteiger partial charge in [0, 0.05) is 40.0 Å². The Balaban J connectivity index is 1.44. The second-order valence-electron chi connectivity index (χ2n) is 10.3. The molecule has 1 amide bonds. The second-order valence-corrected chi connectivity index (χ2v) is 10.8. The minimum absolute atomic E-state index is 0.138. The molecule has 5 aromatic rings. The standard InChI is InChI=1S/C31H24ClFN8O2/c1-18-3-2-4-29(27-11-19(9-10-35-27)23-13-21(33)6-7-25(23)37-31(18)43)40-17-36-26(14-30(40)42)24-12-20(32)5-8-28(24)41-16-22(15-34)38-39-41/h5-14,16-18,29H,2-4H2,1H3,(H,37,43)/t18-,29+/m1/s1. The van der Waals surface area contributed by atoms with Crippen molar-refractivity contribution in [1.82, 2.24) is 29.5 Å². The van der Waals surface area contributed by atoms with E-state index in [9.17, 15) is 19.2 Å². The first kappa shape index (κ1) is 27.9. The Labute approximate surface area is 250 Å². The summed E-state index contributed by atoms with van der Waals surface area (Å²) in [7, 11) is 0. The molecule has 6 rings (SSSR count). The predicted octanol–water partition coefficient (Wildman–Crippen LogP) is 5.57. The number of aromatic nitrogens is 6. The fourth-order valence-electron chi connectivity index (χ4n) is 5.23. The third-order valence-electron chi connectivity index (χ3n) is 7.50. The summed E-state index contributed by atoms with van der Waals surface area (Å²) in [6, 6.07) is 15.7. The molecule has 3 aromatic heterocycles. The van der Waals surface area contributed by atoms with E-state index in [0.717, 1.165) is 0 Å². The molecule has 0 unspecified atom stereocenters. The topological polar surface area (TPSA) is 131 Å². The molecular weight excluding hydrogens is 571 g/mol. The van der Waals surface area contributed by atoms with Crippen molar-refractivity contribution in [3.8, 4) is 34.1 Å². The largest absolute Gasteiger partial charge is 0.325 e. The minimum Gasteiger partial charge on any atom is -0.325 e. The highest BCUT2D eigenvalue weighted by Gasteiger charge is 2.23. The van der Waals surface area contributed by atoms with E-state index in [4.69, 9.17) is 11.6 Å². The Morgan fingerprint density at radius 2 is 1.91 bits per heavy atom. The first-order chi connectivity index (χ1) is 20.8. The summed E-state index contributed by atoms with van der Waals surface area (Å²) in [5.74, 6) is -0.899. The minimum atomic E-state index is -0.493. The van der Waals surface area contributed by atoms with Crippen LogP contribution in [-0.2, 0) is 4.79 Å². The van der Waals surface area contributed by atoms with Gasteiger partial charge in [0.05, 0.1) is 35.6 Å². The van der Waals surface area contributed by atoms with Gasteiger partial charge >= 0.3 is 0 Å². The van der Waals surface area contributed by atoms with E-state index in [1.165, 1.54) is 40.0 Å².